The van der Waals surface area contributed by atoms with Crippen molar-refractivity contribution < 1.29 is 14.3 Å². The van der Waals surface area contributed by atoms with Gasteiger partial charge < -0.3 is 14.8 Å². The summed E-state index contributed by atoms with van der Waals surface area (Å²) in [7, 11) is 3.13. The highest BCUT2D eigenvalue weighted by Crippen LogP contribution is 2.28. The minimum Gasteiger partial charge on any atom is -0.494 e. The first-order valence-corrected chi connectivity index (χ1v) is 7.43. The molecular weight excluding hydrogens is 266 g/mol. The molecule has 0 aliphatic rings. The zero-order valence-corrected chi connectivity index (χ0v) is 13.7. The molecule has 0 amide bonds. The summed E-state index contributed by atoms with van der Waals surface area (Å²) in [6, 6.07) is 7.86. The zero-order valence-electron chi connectivity index (χ0n) is 13.7. The van der Waals surface area contributed by atoms with E-state index in [2.05, 4.69) is 38.2 Å². The van der Waals surface area contributed by atoms with E-state index < -0.39 is 0 Å². The molecule has 1 unspecified atom stereocenters. The Hall–Kier alpha value is -1.55. The fourth-order valence-electron chi connectivity index (χ4n) is 2.02. The molecule has 4 nitrogen and oxygen atoms in total. The van der Waals surface area contributed by atoms with Crippen LogP contribution in [0.4, 0.5) is 0 Å². The molecule has 1 atom stereocenters. The van der Waals surface area contributed by atoms with E-state index in [0.29, 0.717) is 13.0 Å². The highest BCUT2D eigenvalue weighted by atomic mass is 16.5. The summed E-state index contributed by atoms with van der Waals surface area (Å²) in [5.41, 5.74) is 1.49. The lowest BCUT2D eigenvalue weighted by Gasteiger charge is -2.23. The van der Waals surface area contributed by atoms with Crippen LogP contribution in [-0.4, -0.2) is 32.8 Å². The Morgan fingerprint density at radius 2 is 1.90 bits per heavy atom. The summed E-state index contributed by atoms with van der Waals surface area (Å²) >= 11 is 0. The summed E-state index contributed by atoms with van der Waals surface area (Å²) < 4.78 is 10.4. The second kappa shape index (κ2) is 8.03. The number of hydrogen-bond acceptors (Lipinski definition) is 4. The Balaban J connectivity index is 2.52. The van der Waals surface area contributed by atoms with Crippen molar-refractivity contribution in [3.05, 3.63) is 29.8 Å². The van der Waals surface area contributed by atoms with Crippen molar-refractivity contribution in [3.8, 4) is 5.75 Å². The summed E-state index contributed by atoms with van der Waals surface area (Å²) in [4.78, 5) is 11.4. The van der Waals surface area contributed by atoms with Crippen molar-refractivity contribution in [2.24, 2.45) is 0 Å². The van der Waals surface area contributed by atoms with E-state index in [0.717, 1.165) is 12.2 Å². The smallest absolute Gasteiger partial charge is 0.322 e. The van der Waals surface area contributed by atoms with Crippen LogP contribution in [0.25, 0.3) is 0 Å². The lowest BCUT2D eigenvalue weighted by molar-refractivity contribution is -0.143. The van der Waals surface area contributed by atoms with Gasteiger partial charge in [-0.1, -0.05) is 32.9 Å². The molecule has 0 radical (unpaired) electrons. The molecule has 0 aromatic heterocycles. The van der Waals surface area contributed by atoms with Gasteiger partial charge in [-0.3, -0.25) is 4.79 Å². The topological polar surface area (TPSA) is 47.6 Å². The third-order valence-corrected chi connectivity index (χ3v) is 4.03. The van der Waals surface area contributed by atoms with Crippen LogP contribution < -0.4 is 10.1 Å². The van der Waals surface area contributed by atoms with Crippen LogP contribution in [0.1, 0.15) is 39.2 Å². The molecule has 118 valence electrons. The number of likely N-dealkylation sites (N-methyl/N-ethyl adjacent to an activating group) is 1. The number of nitrogens with one attached hydrogen (secondary N) is 1. The van der Waals surface area contributed by atoms with E-state index >= 15 is 0 Å². The fourth-order valence-corrected chi connectivity index (χ4v) is 2.02. The molecule has 0 spiro atoms. The average Bonchev–Trinajstić information content (AvgIpc) is 2.51. The van der Waals surface area contributed by atoms with Crippen LogP contribution in [-0.2, 0) is 14.9 Å². The van der Waals surface area contributed by atoms with E-state index in [9.17, 15) is 4.79 Å². The fraction of sp³-hybridized carbons (Fsp3) is 0.588. The van der Waals surface area contributed by atoms with Gasteiger partial charge >= 0.3 is 5.97 Å². The molecule has 21 heavy (non-hydrogen) atoms. The molecule has 0 bridgehead atoms. The maximum absolute atomic E-state index is 11.4. The summed E-state index contributed by atoms with van der Waals surface area (Å²) in [6.07, 6.45) is 1.67. The molecule has 1 aromatic carbocycles. The van der Waals surface area contributed by atoms with Crippen molar-refractivity contribution >= 4 is 5.97 Å². The SMILES string of the molecule is CCC(C)(C)c1ccc(OCCC(NC)C(=O)OC)cc1. The number of esters is 1. The minimum atomic E-state index is -0.326. The van der Waals surface area contributed by atoms with Crippen LogP contribution in [0.2, 0.25) is 0 Å². The lowest BCUT2D eigenvalue weighted by Crippen LogP contribution is -2.36. The number of benzene rings is 1. The molecule has 4 heteroatoms. The molecule has 0 aliphatic heterocycles. The van der Waals surface area contributed by atoms with Gasteiger partial charge in [0, 0.05) is 6.42 Å². The third-order valence-electron chi connectivity index (χ3n) is 4.03. The third kappa shape index (κ3) is 5.05. The molecule has 0 heterocycles. The summed E-state index contributed by atoms with van der Waals surface area (Å²) in [5, 5.41) is 2.92. The van der Waals surface area contributed by atoms with Gasteiger partial charge in [-0.2, -0.15) is 0 Å². The van der Waals surface area contributed by atoms with Gasteiger partial charge in [0.15, 0.2) is 0 Å². The average molecular weight is 293 g/mol. The molecular formula is C17H27NO3. The van der Waals surface area contributed by atoms with E-state index in [4.69, 9.17) is 9.47 Å². The van der Waals surface area contributed by atoms with Gasteiger partial charge in [-0.25, -0.2) is 0 Å². The van der Waals surface area contributed by atoms with Crippen LogP contribution >= 0.6 is 0 Å². The van der Waals surface area contributed by atoms with Gasteiger partial charge in [0.2, 0.25) is 0 Å². The normalized spacial score (nSPS) is 12.8. The Morgan fingerprint density at radius 3 is 2.38 bits per heavy atom. The first-order chi connectivity index (χ1) is 9.94. The second-order valence-corrected chi connectivity index (χ2v) is 5.76. The highest BCUT2D eigenvalue weighted by molar-refractivity contribution is 5.75. The molecule has 0 saturated carbocycles. The van der Waals surface area contributed by atoms with E-state index in [1.54, 1.807) is 7.05 Å². The number of ether oxygens (including phenoxy) is 2. The lowest BCUT2D eigenvalue weighted by atomic mass is 9.82. The second-order valence-electron chi connectivity index (χ2n) is 5.76. The Labute approximate surface area is 127 Å². The predicted octanol–water partition coefficient (Wildman–Crippen LogP) is 2.90. The summed E-state index contributed by atoms with van der Waals surface area (Å²) in [6.45, 7) is 7.12. The Bertz CT molecular complexity index is 440. The predicted molar refractivity (Wildman–Crippen MR) is 84.7 cm³/mol. The maximum Gasteiger partial charge on any atom is 0.322 e. The molecule has 1 N–H and O–H groups in total. The van der Waals surface area contributed by atoms with Crippen molar-refractivity contribution in [1.82, 2.24) is 5.32 Å². The van der Waals surface area contributed by atoms with Gasteiger partial charge in [-0.15, -0.1) is 0 Å². The van der Waals surface area contributed by atoms with Crippen molar-refractivity contribution in [3.63, 3.8) is 0 Å². The highest BCUT2D eigenvalue weighted by Gasteiger charge is 2.18. The number of hydrogen-bond donors (Lipinski definition) is 1. The number of methoxy groups -OCH3 is 1. The zero-order chi connectivity index (χ0) is 15.9. The molecule has 1 aromatic rings. The van der Waals surface area contributed by atoms with Crippen LogP contribution in [0, 0.1) is 0 Å². The van der Waals surface area contributed by atoms with Crippen LogP contribution in [0.5, 0.6) is 5.75 Å². The van der Waals surface area contributed by atoms with Gasteiger partial charge in [0.05, 0.1) is 13.7 Å². The van der Waals surface area contributed by atoms with E-state index in [-0.39, 0.29) is 17.4 Å². The van der Waals surface area contributed by atoms with E-state index in [1.165, 1.54) is 12.7 Å². The van der Waals surface area contributed by atoms with Gasteiger partial charge in [0.1, 0.15) is 11.8 Å². The number of carbonyl (C=O) groups is 1. The first-order valence-electron chi connectivity index (χ1n) is 7.43. The maximum atomic E-state index is 11.4. The Morgan fingerprint density at radius 1 is 1.29 bits per heavy atom. The van der Waals surface area contributed by atoms with Crippen molar-refractivity contribution in [2.45, 2.75) is 45.1 Å². The van der Waals surface area contributed by atoms with Crippen LogP contribution in [0.3, 0.4) is 0 Å². The van der Waals surface area contributed by atoms with Gasteiger partial charge in [0.25, 0.3) is 0 Å². The first kappa shape index (κ1) is 17.5. The van der Waals surface area contributed by atoms with E-state index in [1.807, 2.05) is 12.1 Å². The largest absolute Gasteiger partial charge is 0.494 e. The van der Waals surface area contributed by atoms with Crippen molar-refractivity contribution in [1.29, 1.82) is 0 Å². The Kier molecular flexibility index (Phi) is 6.69. The monoisotopic (exact) mass is 293 g/mol. The minimum absolute atomic E-state index is 0.181. The molecule has 1 rings (SSSR count). The standard InChI is InChI=1S/C17H27NO3/c1-6-17(2,3)13-7-9-14(10-8-13)21-12-11-15(18-4)16(19)20-5/h7-10,15,18H,6,11-12H2,1-5H3. The van der Waals surface area contributed by atoms with Gasteiger partial charge in [-0.05, 0) is 36.6 Å². The molecule has 0 fully saturated rings. The molecule has 0 saturated heterocycles. The van der Waals surface area contributed by atoms with Crippen LogP contribution in [0.15, 0.2) is 24.3 Å². The molecule has 0 aliphatic carbocycles. The summed E-state index contributed by atoms with van der Waals surface area (Å²) in [5.74, 6) is 0.562. The van der Waals surface area contributed by atoms with Crippen molar-refractivity contribution in [2.75, 3.05) is 20.8 Å². The quantitative estimate of drug-likeness (QED) is 0.749. The number of rotatable bonds is 8. The number of carbonyl (C=O) groups excluding carboxylic acids is 1.